The van der Waals surface area contributed by atoms with E-state index in [1.807, 2.05) is 6.08 Å². The Morgan fingerprint density at radius 3 is 1.19 bits per heavy atom. The predicted molar refractivity (Wildman–Crippen MR) is 369 cm³/mol. The molecule has 540 valence electrons. The number of nitrogens with one attached hydrogen (secondary N) is 1. The van der Waals surface area contributed by atoms with Crippen molar-refractivity contribution in [3.05, 3.63) is 109 Å². The minimum absolute atomic E-state index is 0.232. The quantitative estimate of drug-likeness (QED) is 0.0199. The summed E-state index contributed by atoms with van der Waals surface area (Å²) in [5, 5.41) is 120. The number of amides is 1. The second kappa shape index (κ2) is 55.3. The molecule has 0 aromatic carbocycles. The maximum atomic E-state index is 13.3. The number of allylic oxidation sites excluding steroid dienone is 17. The van der Waals surface area contributed by atoms with Crippen LogP contribution in [0, 0.1) is 0 Å². The highest BCUT2D eigenvalue weighted by Gasteiger charge is 2.53. The molecule has 3 saturated heterocycles. The molecule has 94 heavy (non-hydrogen) atoms. The van der Waals surface area contributed by atoms with E-state index in [9.17, 15) is 61.0 Å². The number of aliphatic hydroxyl groups excluding tert-OH is 11. The molecule has 0 bridgehead atoms. The largest absolute Gasteiger partial charge is 0.394 e. The highest BCUT2D eigenvalue weighted by molar-refractivity contribution is 5.76. The van der Waals surface area contributed by atoms with Crippen molar-refractivity contribution in [1.29, 1.82) is 0 Å². The van der Waals surface area contributed by atoms with Gasteiger partial charge >= 0.3 is 0 Å². The van der Waals surface area contributed by atoms with Crippen LogP contribution >= 0.6 is 0 Å². The molecule has 0 aromatic heterocycles. The second-order valence-corrected chi connectivity index (χ2v) is 25.3. The number of aliphatic hydroxyl groups is 11. The second-order valence-electron chi connectivity index (χ2n) is 25.3. The van der Waals surface area contributed by atoms with Crippen LogP contribution in [0.15, 0.2) is 109 Å². The first-order chi connectivity index (χ1) is 45.8. The lowest BCUT2D eigenvalue weighted by Crippen LogP contribution is -2.66. The monoisotopic (exact) mass is 1330 g/mol. The summed E-state index contributed by atoms with van der Waals surface area (Å²) in [7, 11) is 0. The number of rotatable bonds is 54. The third-order valence-corrected chi connectivity index (χ3v) is 17.3. The molecule has 19 heteroatoms. The Balaban J connectivity index is 1.25. The van der Waals surface area contributed by atoms with E-state index >= 15 is 0 Å². The molecule has 3 aliphatic heterocycles. The Bertz CT molecular complexity index is 2130. The maximum absolute atomic E-state index is 13.3. The third-order valence-electron chi connectivity index (χ3n) is 17.3. The van der Waals surface area contributed by atoms with Crippen LogP contribution in [0.1, 0.15) is 226 Å². The van der Waals surface area contributed by atoms with Crippen molar-refractivity contribution in [1.82, 2.24) is 5.32 Å². The number of ether oxygens (including phenoxy) is 6. The number of hydrogen-bond donors (Lipinski definition) is 12. The van der Waals surface area contributed by atoms with E-state index in [0.29, 0.717) is 12.8 Å². The van der Waals surface area contributed by atoms with Crippen molar-refractivity contribution in [2.75, 3.05) is 26.4 Å². The number of hydrogen-bond acceptors (Lipinski definition) is 18. The van der Waals surface area contributed by atoms with Crippen molar-refractivity contribution >= 4 is 5.91 Å². The first kappa shape index (κ1) is 84.7. The Morgan fingerprint density at radius 2 is 0.745 bits per heavy atom. The van der Waals surface area contributed by atoms with Crippen LogP contribution in [0.2, 0.25) is 0 Å². The Kier molecular flexibility index (Phi) is 49.9. The summed E-state index contributed by atoms with van der Waals surface area (Å²) in [4.78, 5) is 13.3. The molecule has 0 aromatic rings. The van der Waals surface area contributed by atoms with E-state index in [1.165, 1.54) is 103 Å². The molecular formula is C75H127NO18. The van der Waals surface area contributed by atoms with Gasteiger partial charge in [0.05, 0.1) is 38.6 Å². The fourth-order valence-corrected chi connectivity index (χ4v) is 11.5. The molecule has 0 saturated carbocycles. The van der Waals surface area contributed by atoms with Gasteiger partial charge in [-0.25, -0.2) is 0 Å². The van der Waals surface area contributed by atoms with Crippen LogP contribution in [0.4, 0.5) is 0 Å². The lowest BCUT2D eigenvalue weighted by molar-refractivity contribution is -0.379. The zero-order chi connectivity index (χ0) is 68.2. The van der Waals surface area contributed by atoms with Crippen LogP contribution in [0.3, 0.4) is 0 Å². The van der Waals surface area contributed by atoms with E-state index in [-0.39, 0.29) is 18.9 Å². The topological polar surface area (TPSA) is 307 Å². The van der Waals surface area contributed by atoms with Crippen molar-refractivity contribution < 1.29 is 89.4 Å². The van der Waals surface area contributed by atoms with Crippen molar-refractivity contribution in [3.63, 3.8) is 0 Å². The fourth-order valence-electron chi connectivity index (χ4n) is 11.5. The number of unbranched alkanes of at least 4 members (excludes halogenated alkanes) is 22. The summed E-state index contributed by atoms with van der Waals surface area (Å²) in [5.74, 6) is -0.291. The van der Waals surface area contributed by atoms with Gasteiger partial charge in [-0.3, -0.25) is 4.79 Å². The highest BCUT2D eigenvalue weighted by Crippen LogP contribution is 2.33. The summed E-state index contributed by atoms with van der Waals surface area (Å²) < 4.78 is 34.2. The lowest BCUT2D eigenvalue weighted by Gasteiger charge is -2.48. The summed E-state index contributed by atoms with van der Waals surface area (Å²) in [5.41, 5.74) is 0. The minimum atomic E-state index is -1.98. The van der Waals surface area contributed by atoms with Gasteiger partial charge in [0.1, 0.15) is 73.2 Å². The third kappa shape index (κ3) is 36.3. The maximum Gasteiger partial charge on any atom is 0.220 e. The van der Waals surface area contributed by atoms with Gasteiger partial charge in [-0.2, -0.15) is 0 Å². The van der Waals surface area contributed by atoms with Gasteiger partial charge in [-0.15, -0.1) is 0 Å². The molecule has 17 unspecified atom stereocenters. The molecule has 0 aliphatic carbocycles. The molecule has 0 radical (unpaired) electrons. The first-order valence-electron chi connectivity index (χ1n) is 36.1. The Labute approximate surface area is 564 Å². The van der Waals surface area contributed by atoms with E-state index in [0.717, 1.165) is 89.9 Å². The van der Waals surface area contributed by atoms with Gasteiger partial charge in [0.15, 0.2) is 18.9 Å². The number of carbonyl (C=O) groups excluding carboxylic acids is 1. The van der Waals surface area contributed by atoms with Crippen LogP contribution in [-0.2, 0) is 33.2 Å². The van der Waals surface area contributed by atoms with E-state index in [1.54, 1.807) is 6.08 Å². The minimum Gasteiger partial charge on any atom is -0.394 e. The highest BCUT2D eigenvalue weighted by atomic mass is 16.8. The normalized spacial score (nSPS) is 28.0. The van der Waals surface area contributed by atoms with Crippen molar-refractivity contribution in [3.8, 4) is 0 Å². The molecule has 19 nitrogen and oxygen atoms in total. The van der Waals surface area contributed by atoms with Crippen LogP contribution in [0.5, 0.6) is 0 Å². The fraction of sp³-hybridized carbons (Fsp3) is 0.747. The molecule has 3 heterocycles. The van der Waals surface area contributed by atoms with Crippen molar-refractivity contribution in [2.45, 2.75) is 330 Å². The van der Waals surface area contributed by atoms with Gasteiger partial charge in [-0.1, -0.05) is 245 Å². The van der Waals surface area contributed by atoms with Crippen LogP contribution in [-0.4, -0.2) is 193 Å². The SMILES string of the molecule is CC/C=C\C/C=C\C/C=C\C/C=C\C/C=C\C/C=C\C/C=C\CCCCCCCCCCCCCCCCCCCCCC(=O)NC(COC1OC(CO)C(OC2OC(CO)C(OC3OC(CO)C(O)C(O)C3O)C(O)C2O)C(O)C1O)C(O)/C=C/CC/C=C/CCCC. The van der Waals surface area contributed by atoms with E-state index in [2.05, 4.69) is 116 Å². The summed E-state index contributed by atoms with van der Waals surface area (Å²) >= 11 is 0. The molecular weight excluding hydrogens is 1200 g/mol. The van der Waals surface area contributed by atoms with Crippen LogP contribution in [0.25, 0.3) is 0 Å². The standard InChI is InChI=1S/C75H127NO18/c1-3-5-7-9-11-13-14-15-16-17-18-19-20-21-22-23-24-25-26-27-28-29-30-31-32-33-34-35-36-37-38-39-40-41-42-43-44-45-47-49-51-53-63(81)76-58(59(80)52-50-48-46-12-10-8-6-4-2)57-89-73-69(87)66(84)71(61(55-78)91-73)94-75-70(88)67(85)72(62(56-79)92-75)93-74-68(86)65(83)64(82)60(54-77)90-74/h5,7,10-13,15-16,18-19,21-22,24-25,27-28,50,52,58-62,64-75,77-80,82-88H,3-4,6,8-9,14,17,20,23,26,29-49,51,53-57H2,1-2H3,(H,76,81)/b7-5-,12-10+,13-11-,16-15-,19-18-,22-21-,25-24-,28-27-,52-50+. The average molecular weight is 1330 g/mol. The Morgan fingerprint density at radius 1 is 0.394 bits per heavy atom. The lowest BCUT2D eigenvalue weighted by atomic mass is 9.96. The molecule has 17 atom stereocenters. The smallest absolute Gasteiger partial charge is 0.220 e. The van der Waals surface area contributed by atoms with Gasteiger partial charge < -0.3 is 89.9 Å². The first-order valence-corrected chi connectivity index (χ1v) is 36.1. The zero-order valence-corrected chi connectivity index (χ0v) is 57.1. The molecule has 3 aliphatic rings. The van der Waals surface area contributed by atoms with Gasteiger partial charge in [0.25, 0.3) is 0 Å². The molecule has 12 N–H and O–H groups in total. The average Bonchev–Trinajstić information content (AvgIpc) is 0.834. The van der Waals surface area contributed by atoms with Gasteiger partial charge in [-0.05, 0) is 83.5 Å². The number of carbonyl (C=O) groups is 1. The van der Waals surface area contributed by atoms with Crippen LogP contribution < -0.4 is 5.32 Å². The molecule has 1 amide bonds. The summed E-state index contributed by atoms with van der Waals surface area (Å²) in [6, 6.07) is -0.991. The molecule has 0 spiro atoms. The predicted octanol–water partition coefficient (Wildman–Crippen LogP) is 10.2. The molecule has 3 rings (SSSR count). The summed E-state index contributed by atoms with van der Waals surface area (Å²) in [6.45, 7) is 1.49. The zero-order valence-electron chi connectivity index (χ0n) is 57.1. The Hall–Kier alpha value is -3.55. The van der Waals surface area contributed by atoms with Gasteiger partial charge in [0, 0.05) is 6.42 Å². The van der Waals surface area contributed by atoms with E-state index in [4.69, 9.17) is 28.4 Å². The van der Waals surface area contributed by atoms with Crippen molar-refractivity contribution in [2.24, 2.45) is 0 Å². The summed E-state index contributed by atoms with van der Waals surface area (Å²) in [6.07, 6.45) is 48.6. The van der Waals surface area contributed by atoms with E-state index < -0.39 is 124 Å². The van der Waals surface area contributed by atoms with Gasteiger partial charge in [0.2, 0.25) is 5.91 Å². The molecule has 3 fully saturated rings.